The molecule has 3 nitrogen and oxygen atoms in total. The van der Waals surface area contributed by atoms with Gasteiger partial charge in [0.05, 0.1) is 6.42 Å². The van der Waals surface area contributed by atoms with Crippen molar-refractivity contribution in [3.63, 3.8) is 0 Å². The van der Waals surface area contributed by atoms with Crippen molar-refractivity contribution in [2.45, 2.75) is 13.3 Å². The van der Waals surface area contributed by atoms with E-state index >= 15 is 0 Å². The van der Waals surface area contributed by atoms with Gasteiger partial charge in [0.1, 0.15) is 11.6 Å². The SMILES string of the molecule is Cc1cc(NC(=O)Cc2ccccc2O)ccc1F. The van der Waals surface area contributed by atoms with E-state index < -0.39 is 0 Å². The molecule has 2 aromatic rings. The molecular formula is C15H14FNO2. The number of nitrogens with one attached hydrogen (secondary N) is 1. The van der Waals surface area contributed by atoms with Gasteiger partial charge in [-0.1, -0.05) is 18.2 Å². The van der Waals surface area contributed by atoms with Crippen LogP contribution in [-0.4, -0.2) is 11.0 Å². The fraction of sp³-hybridized carbons (Fsp3) is 0.133. The van der Waals surface area contributed by atoms with Crippen molar-refractivity contribution in [1.29, 1.82) is 0 Å². The Balaban J connectivity index is 2.05. The first-order chi connectivity index (χ1) is 9.06. The highest BCUT2D eigenvalue weighted by Crippen LogP contribution is 2.18. The van der Waals surface area contributed by atoms with Gasteiger partial charge < -0.3 is 10.4 Å². The number of amides is 1. The predicted molar refractivity (Wildman–Crippen MR) is 71.6 cm³/mol. The summed E-state index contributed by atoms with van der Waals surface area (Å²) in [4.78, 5) is 11.8. The summed E-state index contributed by atoms with van der Waals surface area (Å²) in [5, 5.41) is 12.2. The van der Waals surface area contributed by atoms with Gasteiger partial charge in [-0.25, -0.2) is 4.39 Å². The Bertz CT molecular complexity index is 611. The van der Waals surface area contributed by atoms with E-state index in [9.17, 15) is 14.3 Å². The number of aromatic hydroxyl groups is 1. The van der Waals surface area contributed by atoms with E-state index in [0.29, 0.717) is 16.8 Å². The van der Waals surface area contributed by atoms with E-state index in [1.54, 1.807) is 31.2 Å². The first-order valence-electron chi connectivity index (χ1n) is 5.89. The second-order valence-corrected chi connectivity index (χ2v) is 4.32. The van der Waals surface area contributed by atoms with Crippen LogP contribution in [-0.2, 0) is 11.2 Å². The first-order valence-corrected chi connectivity index (χ1v) is 5.89. The van der Waals surface area contributed by atoms with Crippen LogP contribution in [0.1, 0.15) is 11.1 Å². The molecule has 0 aliphatic carbocycles. The number of anilines is 1. The highest BCUT2D eigenvalue weighted by atomic mass is 19.1. The molecule has 19 heavy (non-hydrogen) atoms. The summed E-state index contributed by atoms with van der Waals surface area (Å²) < 4.78 is 13.1. The zero-order valence-corrected chi connectivity index (χ0v) is 10.5. The van der Waals surface area contributed by atoms with Crippen molar-refractivity contribution in [3.8, 4) is 5.75 Å². The van der Waals surface area contributed by atoms with Gasteiger partial charge in [-0.05, 0) is 36.8 Å². The molecule has 0 heterocycles. The van der Waals surface area contributed by atoms with Crippen LogP contribution < -0.4 is 5.32 Å². The normalized spacial score (nSPS) is 10.2. The van der Waals surface area contributed by atoms with E-state index in [4.69, 9.17) is 0 Å². The average molecular weight is 259 g/mol. The van der Waals surface area contributed by atoms with Gasteiger partial charge in [0.15, 0.2) is 0 Å². The zero-order valence-electron chi connectivity index (χ0n) is 10.5. The molecule has 1 amide bonds. The number of halogens is 1. The Morgan fingerprint density at radius 3 is 2.68 bits per heavy atom. The molecule has 0 saturated heterocycles. The minimum absolute atomic E-state index is 0.0725. The number of phenols is 1. The van der Waals surface area contributed by atoms with Gasteiger partial charge in [-0.2, -0.15) is 0 Å². The fourth-order valence-electron chi connectivity index (χ4n) is 1.76. The zero-order chi connectivity index (χ0) is 13.8. The summed E-state index contributed by atoms with van der Waals surface area (Å²) in [5.74, 6) is -0.473. The van der Waals surface area contributed by atoms with Gasteiger partial charge in [-0.15, -0.1) is 0 Å². The van der Waals surface area contributed by atoms with Crippen LogP contribution in [0.4, 0.5) is 10.1 Å². The molecule has 0 aromatic heterocycles. The third-order valence-corrected chi connectivity index (χ3v) is 2.78. The van der Waals surface area contributed by atoms with Gasteiger partial charge in [-0.3, -0.25) is 4.79 Å². The molecule has 2 rings (SSSR count). The van der Waals surface area contributed by atoms with Crippen molar-refractivity contribution in [2.24, 2.45) is 0 Å². The number of aryl methyl sites for hydroxylation is 1. The summed E-state index contributed by atoms with van der Waals surface area (Å²) in [7, 11) is 0. The van der Waals surface area contributed by atoms with E-state index in [1.807, 2.05) is 0 Å². The number of rotatable bonds is 3. The summed E-state index contributed by atoms with van der Waals surface area (Å²) in [6.07, 6.45) is 0.0725. The Morgan fingerprint density at radius 1 is 1.26 bits per heavy atom. The van der Waals surface area contributed by atoms with Crippen LogP contribution in [0.5, 0.6) is 5.75 Å². The predicted octanol–water partition coefficient (Wildman–Crippen LogP) is 3.02. The fourth-order valence-corrected chi connectivity index (χ4v) is 1.76. The van der Waals surface area contributed by atoms with E-state index in [1.165, 1.54) is 18.2 Å². The maximum Gasteiger partial charge on any atom is 0.228 e. The highest BCUT2D eigenvalue weighted by Gasteiger charge is 2.08. The molecule has 0 atom stereocenters. The second kappa shape index (κ2) is 5.52. The number of phenolic OH excluding ortho intramolecular Hbond substituents is 1. The molecule has 0 saturated carbocycles. The Hall–Kier alpha value is -2.36. The van der Waals surface area contributed by atoms with Crippen LogP contribution in [0, 0.1) is 12.7 Å². The second-order valence-electron chi connectivity index (χ2n) is 4.32. The number of carbonyl (C=O) groups excluding carboxylic acids is 1. The maximum absolute atomic E-state index is 13.1. The lowest BCUT2D eigenvalue weighted by Gasteiger charge is -2.07. The van der Waals surface area contributed by atoms with Crippen molar-refractivity contribution in [3.05, 3.63) is 59.4 Å². The smallest absolute Gasteiger partial charge is 0.228 e. The lowest BCUT2D eigenvalue weighted by Crippen LogP contribution is -2.14. The maximum atomic E-state index is 13.1. The van der Waals surface area contributed by atoms with Crippen molar-refractivity contribution in [1.82, 2.24) is 0 Å². The highest BCUT2D eigenvalue weighted by molar-refractivity contribution is 5.92. The van der Waals surface area contributed by atoms with E-state index in [2.05, 4.69) is 5.32 Å². The Kier molecular flexibility index (Phi) is 3.80. The number of carbonyl (C=O) groups is 1. The molecule has 0 aliphatic heterocycles. The van der Waals surface area contributed by atoms with Crippen LogP contribution in [0.15, 0.2) is 42.5 Å². The molecule has 0 aliphatic rings. The monoisotopic (exact) mass is 259 g/mol. The molecule has 4 heteroatoms. The molecule has 2 N–H and O–H groups in total. The van der Waals surface area contributed by atoms with Crippen LogP contribution in [0.3, 0.4) is 0 Å². The van der Waals surface area contributed by atoms with Gasteiger partial charge in [0.25, 0.3) is 0 Å². The molecular weight excluding hydrogens is 245 g/mol. The Morgan fingerprint density at radius 2 is 2.00 bits per heavy atom. The van der Waals surface area contributed by atoms with Crippen molar-refractivity contribution in [2.75, 3.05) is 5.32 Å². The summed E-state index contributed by atoms with van der Waals surface area (Å²) >= 11 is 0. The van der Waals surface area contributed by atoms with E-state index in [0.717, 1.165) is 0 Å². The largest absolute Gasteiger partial charge is 0.508 e. The lowest BCUT2D eigenvalue weighted by molar-refractivity contribution is -0.115. The van der Waals surface area contributed by atoms with Crippen LogP contribution in [0.25, 0.3) is 0 Å². The topological polar surface area (TPSA) is 49.3 Å². The van der Waals surface area contributed by atoms with Crippen LogP contribution >= 0.6 is 0 Å². The summed E-state index contributed by atoms with van der Waals surface area (Å²) in [6.45, 7) is 1.63. The first kappa shape index (κ1) is 13.1. The molecule has 0 spiro atoms. The quantitative estimate of drug-likeness (QED) is 0.890. The third kappa shape index (κ3) is 3.31. The molecule has 98 valence electrons. The minimum atomic E-state index is -0.307. The molecule has 0 fully saturated rings. The molecule has 2 aromatic carbocycles. The number of hydrogen-bond acceptors (Lipinski definition) is 2. The molecule has 0 bridgehead atoms. The van der Waals surface area contributed by atoms with Crippen molar-refractivity contribution >= 4 is 11.6 Å². The lowest BCUT2D eigenvalue weighted by atomic mass is 10.1. The minimum Gasteiger partial charge on any atom is -0.508 e. The van der Waals surface area contributed by atoms with Crippen LogP contribution in [0.2, 0.25) is 0 Å². The standard InChI is InChI=1S/C15H14FNO2/c1-10-8-12(6-7-13(10)16)17-15(19)9-11-4-2-3-5-14(11)18/h2-8,18H,9H2,1H3,(H,17,19). The van der Waals surface area contributed by atoms with Gasteiger partial charge in [0, 0.05) is 11.3 Å². The van der Waals surface area contributed by atoms with Gasteiger partial charge in [0.2, 0.25) is 5.91 Å². The Labute approximate surface area is 110 Å². The molecule has 0 unspecified atom stereocenters. The average Bonchev–Trinajstić information content (AvgIpc) is 2.37. The molecule has 0 radical (unpaired) electrons. The number of hydrogen-bond donors (Lipinski definition) is 2. The van der Waals surface area contributed by atoms with Crippen molar-refractivity contribution < 1.29 is 14.3 Å². The third-order valence-electron chi connectivity index (χ3n) is 2.78. The van der Waals surface area contributed by atoms with Gasteiger partial charge >= 0.3 is 0 Å². The number of para-hydroxylation sites is 1. The summed E-state index contributed by atoms with van der Waals surface area (Å²) in [6, 6.07) is 11.0. The number of benzene rings is 2. The van der Waals surface area contributed by atoms with E-state index in [-0.39, 0.29) is 23.9 Å². The summed E-state index contributed by atoms with van der Waals surface area (Å²) in [5.41, 5.74) is 1.57.